The largest absolute Gasteiger partial charge is 0.453 e. The quantitative estimate of drug-likeness (QED) is 0.409. The third-order valence-corrected chi connectivity index (χ3v) is 7.49. The van der Waals surface area contributed by atoms with Gasteiger partial charge in [0, 0.05) is 11.8 Å². The lowest BCUT2D eigenvalue weighted by molar-refractivity contribution is -0.158. The van der Waals surface area contributed by atoms with E-state index in [1.54, 1.807) is 0 Å². The van der Waals surface area contributed by atoms with E-state index in [1.165, 1.54) is 39.8 Å². The highest BCUT2D eigenvalue weighted by atomic mass is 16.6. The smallest absolute Gasteiger partial charge is 0.349 e. The number of rotatable bonds is 4. The minimum atomic E-state index is -0.541. The number of benzene rings is 3. The maximum Gasteiger partial charge on any atom is 0.349 e. The summed E-state index contributed by atoms with van der Waals surface area (Å²) in [6.45, 7) is -0.368. The van der Waals surface area contributed by atoms with Gasteiger partial charge < -0.3 is 9.47 Å². The van der Waals surface area contributed by atoms with Crippen molar-refractivity contribution in [1.29, 1.82) is 0 Å². The molecule has 0 saturated carbocycles. The van der Waals surface area contributed by atoms with Crippen molar-refractivity contribution in [1.82, 2.24) is 0 Å². The van der Waals surface area contributed by atoms with Crippen molar-refractivity contribution < 1.29 is 19.1 Å². The van der Waals surface area contributed by atoms with Crippen LogP contribution in [-0.2, 0) is 27.2 Å². The molecular formula is C29H26O4. The lowest BCUT2D eigenvalue weighted by atomic mass is 9.59. The molecule has 0 fully saturated rings. The molecule has 4 heteroatoms. The standard InChI is InChI=1S/C29H26O4/c30-27(33-20-14-13-18-7-1-2-8-19(18)15-20)17-32-29(31)26-16-25-21-9-3-5-11-23(21)28(26)24-12-6-4-10-22(24)25/h3-6,9-15,25-26,28H,1-2,7-8,16-17H2. The van der Waals surface area contributed by atoms with Gasteiger partial charge in [0.05, 0.1) is 5.92 Å². The molecule has 3 aromatic carbocycles. The Labute approximate surface area is 193 Å². The highest BCUT2D eigenvalue weighted by molar-refractivity contribution is 5.81. The number of hydrogen-bond donors (Lipinski definition) is 0. The van der Waals surface area contributed by atoms with Gasteiger partial charge in [-0.25, -0.2) is 4.79 Å². The van der Waals surface area contributed by atoms with Gasteiger partial charge in [-0.2, -0.15) is 0 Å². The zero-order valence-electron chi connectivity index (χ0n) is 18.5. The zero-order chi connectivity index (χ0) is 22.4. The molecule has 1 atom stereocenters. The van der Waals surface area contributed by atoms with Crippen molar-refractivity contribution in [2.45, 2.75) is 43.9 Å². The fourth-order valence-corrected chi connectivity index (χ4v) is 6.04. The summed E-state index contributed by atoms with van der Waals surface area (Å²) < 4.78 is 11.0. The number of fused-ring (bicyclic) bond motifs is 2. The first-order valence-electron chi connectivity index (χ1n) is 11.9. The number of hydrogen-bond acceptors (Lipinski definition) is 4. The van der Waals surface area contributed by atoms with Crippen LogP contribution in [0.2, 0.25) is 0 Å². The summed E-state index contributed by atoms with van der Waals surface area (Å²) in [4.78, 5) is 25.6. The van der Waals surface area contributed by atoms with Gasteiger partial charge in [0.1, 0.15) is 5.75 Å². The first kappa shape index (κ1) is 20.2. The van der Waals surface area contributed by atoms with Gasteiger partial charge in [-0.15, -0.1) is 0 Å². The molecule has 0 heterocycles. The van der Waals surface area contributed by atoms with Crippen molar-refractivity contribution in [3.8, 4) is 5.75 Å². The summed E-state index contributed by atoms with van der Waals surface area (Å²) in [7, 11) is 0. The molecule has 0 spiro atoms. The van der Waals surface area contributed by atoms with Gasteiger partial charge in [-0.05, 0) is 77.6 Å². The Morgan fingerprint density at radius 1 is 0.788 bits per heavy atom. The summed E-state index contributed by atoms with van der Waals surface area (Å²) >= 11 is 0. The Bertz CT molecular complexity index is 1200. The van der Waals surface area contributed by atoms with Crippen LogP contribution in [0.15, 0.2) is 66.7 Å². The SMILES string of the molecule is O=C(COC(=O)C1CC2c3ccccc3C1c1ccccc12)Oc1ccc2c(c1)CCCC2. The van der Waals surface area contributed by atoms with E-state index in [1.807, 2.05) is 30.3 Å². The van der Waals surface area contributed by atoms with Gasteiger partial charge in [0.2, 0.25) is 0 Å². The number of aryl methyl sites for hydroxylation is 2. The number of esters is 2. The van der Waals surface area contributed by atoms with Crippen molar-refractivity contribution in [2.24, 2.45) is 5.92 Å². The first-order valence-corrected chi connectivity index (χ1v) is 11.9. The van der Waals surface area contributed by atoms with Crippen LogP contribution in [-0.4, -0.2) is 18.5 Å². The second-order valence-electron chi connectivity index (χ2n) is 9.35. The van der Waals surface area contributed by atoms with Crippen LogP contribution in [0.25, 0.3) is 0 Å². The second-order valence-corrected chi connectivity index (χ2v) is 9.35. The van der Waals surface area contributed by atoms with Crippen LogP contribution in [0.1, 0.15) is 64.5 Å². The van der Waals surface area contributed by atoms with Crippen LogP contribution >= 0.6 is 0 Å². The molecule has 7 rings (SSSR count). The van der Waals surface area contributed by atoms with Gasteiger partial charge >= 0.3 is 11.9 Å². The number of carbonyl (C=O) groups is 2. The molecule has 0 amide bonds. The molecular weight excluding hydrogens is 412 g/mol. The monoisotopic (exact) mass is 438 g/mol. The molecule has 0 N–H and O–H groups in total. The fourth-order valence-electron chi connectivity index (χ4n) is 6.04. The Morgan fingerprint density at radius 2 is 1.42 bits per heavy atom. The second kappa shape index (κ2) is 8.18. The third-order valence-electron chi connectivity index (χ3n) is 7.49. The van der Waals surface area contributed by atoms with Crippen molar-refractivity contribution in [3.05, 3.63) is 100 Å². The average molecular weight is 439 g/mol. The summed E-state index contributed by atoms with van der Waals surface area (Å²) in [5.74, 6) is -0.487. The van der Waals surface area contributed by atoms with Gasteiger partial charge in [-0.3, -0.25) is 4.79 Å². The van der Waals surface area contributed by atoms with E-state index in [0.717, 1.165) is 19.3 Å². The predicted molar refractivity (Wildman–Crippen MR) is 124 cm³/mol. The topological polar surface area (TPSA) is 52.6 Å². The van der Waals surface area contributed by atoms with E-state index >= 15 is 0 Å². The molecule has 0 radical (unpaired) electrons. The molecule has 1 unspecified atom stereocenters. The maximum absolute atomic E-state index is 13.1. The Balaban J connectivity index is 1.16. The summed E-state index contributed by atoms with van der Waals surface area (Å²) in [5.41, 5.74) is 7.59. The molecule has 4 nitrogen and oxygen atoms in total. The highest BCUT2D eigenvalue weighted by Gasteiger charge is 2.46. The Morgan fingerprint density at radius 3 is 2.12 bits per heavy atom. The molecule has 0 aromatic heterocycles. The van der Waals surface area contributed by atoms with Crippen molar-refractivity contribution in [3.63, 3.8) is 0 Å². The van der Waals surface area contributed by atoms with E-state index in [-0.39, 0.29) is 30.3 Å². The van der Waals surface area contributed by atoms with Crippen LogP contribution in [0, 0.1) is 5.92 Å². The van der Waals surface area contributed by atoms with E-state index in [0.29, 0.717) is 12.2 Å². The van der Waals surface area contributed by atoms with Gasteiger partial charge in [0.25, 0.3) is 0 Å². The molecule has 4 aliphatic carbocycles. The predicted octanol–water partition coefficient (Wildman–Crippen LogP) is 5.31. The van der Waals surface area contributed by atoms with Crippen molar-refractivity contribution >= 4 is 11.9 Å². The molecule has 33 heavy (non-hydrogen) atoms. The van der Waals surface area contributed by atoms with E-state index in [9.17, 15) is 9.59 Å². The average Bonchev–Trinajstić information content (AvgIpc) is 2.87. The molecule has 0 saturated heterocycles. The summed E-state index contributed by atoms with van der Waals surface area (Å²) in [6.07, 6.45) is 5.18. The molecule has 2 bridgehead atoms. The van der Waals surface area contributed by atoms with Gasteiger partial charge in [0.15, 0.2) is 6.61 Å². The van der Waals surface area contributed by atoms with Gasteiger partial charge in [-0.1, -0.05) is 54.6 Å². The summed E-state index contributed by atoms with van der Waals surface area (Å²) in [5, 5.41) is 0. The van der Waals surface area contributed by atoms with Crippen LogP contribution < -0.4 is 4.74 Å². The van der Waals surface area contributed by atoms with Crippen molar-refractivity contribution in [2.75, 3.05) is 6.61 Å². The first-order chi connectivity index (χ1) is 16.2. The minimum Gasteiger partial charge on any atom is -0.453 e. The normalized spacial score (nSPS) is 22.0. The molecule has 3 aromatic rings. The van der Waals surface area contributed by atoms with E-state index < -0.39 is 5.97 Å². The van der Waals surface area contributed by atoms with Crippen LogP contribution in [0.5, 0.6) is 5.75 Å². The molecule has 4 aliphatic rings. The number of carbonyl (C=O) groups excluding carboxylic acids is 2. The lowest BCUT2D eigenvalue weighted by Gasteiger charge is -2.44. The van der Waals surface area contributed by atoms with E-state index in [2.05, 4.69) is 36.4 Å². The molecule has 166 valence electrons. The Kier molecular flexibility index (Phi) is 5.01. The minimum absolute atomic E-state index is 0.0356. The third kappa shape index (κ3) is 3.54. The lowest BCUT2D eigenvalue weighted by Crippen LogP contribution is -2.37. The molecule has 0 aliphatic heterocycles. The van der Waals surface area contributed by atoms with Crippen LogP contribution in [0.4, 0.5) is 0 Å². The van der Waals surface area contributed by atoms with E-state index in [4.69, 9.17) is 9.47 Å². The van der Waals surface area contributed by atoms with Crippen LogP contribution in [0.3, 0.4) is 0 Å². The Hall–Kier alpha value is -3.40. The summed E-state index contributed by atoms with van der Waals surface area (Å²) in [6, 6.07) is 22.6. The zero-order valence-corrected chi connectivity index (χ0v) is 18.5. The number of ether oxygens (including phenoxy) is 2. The fraction of sp³-hybridized carbons (Fsp3) is 0.310. The highest BCUT2D eigenvalue weighted by Crippen LogP contribution is 2.55. The maximum atomic E-state index is 13.1.